The Labute approximate surface area is 202 Å². The Hall–Kier alpha value is -2.75. The van der Waals surface area contributed by atoms with E-state index in [4.69, 9.17) is 26.5 Å². The maximum Gasteiger partial charge on any atom is 0.258 e. The molecular weight excluding hydrogens is 459 g/mol. The Kier molecular flexibility index (Phi) is 7.42. The summed E-state index contributed by atoms with van der Waals surface area (Å²) in [6, 6.07) is 14.0. The molecule has 0 aliphatic carbocycles. The number of methoxy groups -OCH3 is 1. The van der Waals surface area contributed by atoms with Crippen LogP contribution in [-0.2, 0) is 4.74 Å². The minimum Gasteiger partial charge on any atom is -0.385 e. The maximum atomic E-state index is 14.1. The molecule has 1 aromatic heterocycles. The summed E-state index contributed by atoms with van der Waals surface area (Å²) in [6.07, 6.45) is 2.83. The van der Waals surface area contributed by atoms with E-state index in [-0.39, 0.29) is 5.82 Å². The molecule has 1 atom stereocenters. The van der Waals surface area contributed by atoms with Gasteiger partial charge in [-0.3, -0.25) is 0 Å². The molecule has 2 aromatic carbocycles. The van der Waals surface area contributed by atoms with Crippen LogP contribution in [0.5, 0.6) is 0 Å². The first-order chi connectivity index (χ1) is 16.0. The first-order valence-corrected chi connectivity index (χ1v) is 12.2. The lowest BCUT2D eigenvalue weighted by molar-refractivity contribution is 0.188. The predicted octanol–water partition coefficient (Wildman–Crippen LogP) is 5.30. The minimum absolute atomic E-state index is 0.320. The van der Waals surface area contributed by atoms with Gasteiger partial charge < -0.3 is 19.5 Å². The molecule has 0 bridgehead atoms. The van der Waals surface area contributed by atoms with E-state index in [1.165, 1.54) is 12.1 Å². The van der Waals surface area contributed by atoms with Crippen LogP contribution in [0.1, 0.15) is 30.8 Å². The predicted molar refractivity (Wildman–Crippen MR) is 132 cm³/mol. The number of hydrogen-bond acceptors (Lipinski definition) is 6. The molecule has 0 saturated heterocycles. The second-order valence-corrected chi connectivity index (χ2v) is 8.85. The summed E-state index contributed by atoms with van der Waals surface area (Å²) in [7, 11) is 1.67. The zero-order chi connectivity index (χ0) is 23.4. The van der Waals surface area contributed by atoms with Crippen molar-refractivity contribution in [2.45, 2.75) is 24.3 Å². The average molecular weight is 485 g/mol. The number of nitrogens with zero attached hydrogens (tertiary/aromatic N) is 3. The van der Waals surface area contributed by atoms with E-state index in [0.29, 0.717) is 30.0 Å². The Balaban J connectivity index is 1.75. The summed E-state index contributed by atoms with van der Waals surface area (Å²) >= 11 is 7.32. The molecular formula is C24H25FN4O2S2. The Morgan fingerprint density at radius 1 is 1.24 bits per heavy atom. The van der Waals surface area contributed by atoms with Crippen LogP contribution in [-0.4, -0.2) is 46.7 Å². The van der Waals surface area contributed by atoms with Gasteiger partial charge in [-0.1, -0.05) is 17.3 Å². The Morgan fingerprint density at radius 2 is 2.03 bits per heavy atom. The molecule has 3 aromatic rings. The lowest BCUT2D eigenvalue weighted by atomic mass is 9.94. The molecule has 172 valence electrons. The van der Waals surface area contributed by atoms with E-state index in [9.17, 15) is 4.39 Å². The molecule has 0 saturated carbocycles. The number of benzene rings is 2. The average Bonchev–Trinajstić information content (AvgIpc) is 3.30. The fraction of sp³-hybridized carbons (Fsp3) is 0.292. The summed E-state index contributed by atoms with van der Waals surface area (Å²) in [5, 5.41) is 8.12. The molecule has 33 heavy (non-hydrogen) atoms. The summed E-state index contributed by atoms with van der Waals surface area (Å²) < 4.78 is 25.0. The summed E-state index contributed by atoms with van der Waals surface area (Å²) in [4.78, 5) is 7.85. The van der Waals surface area contributed by atoms with Crippen molar-refractivity contribution >= 4 is 34.7 Å². The molecule has 1 N–H and O–H groups in total. The van der Waals surface area contributed by atoms with Crippen molar-refractivity contribution in [3.63, 3.8) is 0 Å². The molecule has 1 aliphatic heterocycles. The SMILES string of the molecule is COCCCN1C(=S)NC(c2cccc(F)c2)C(c2nc(-c3ccc(SC)cc3)no2)=C1C. The topological polar surface area (TPSA) is 63.4 Å². The van der Waals surface area contributed by atoms with Crippen LogP contribution in [0.4, 0.5) is 4.39 Å². The van der Waals surface area contributed by atoms with Gasteiger partial charge in [-0.25, -0.2) is 4.39 Å². The largest absolute Gasteiger partial charge is 0.385 e. The maximum absolute atomic E-state index is 14.1. The fourth-order valence-corrected chi connectivity index (χ4v) is 4.58. The van der Waals surface area contributed by atoms with Gasteiger partial charge in [0.05, 0.1) is 11.6 Å². The van der Waals surface area contributed by atoms with Crippen LogP contribution >= 0.6 is 24.0 Å². The fourth-order valence-electron chi connectivity index (χ4n) is 3.82. The second kappa shape index (κ2) is 10.5. The molecule has 0 fully saturated rings. The molecule has 0 amide bonds. The standard InChI is InChI=1S/C24H25FN4O2S2/c1-15-20(23-27-22(28-31-23)16-8-10-19(33-3)11-9-16)21(17-6-4-7-18(25)14-17)26-24(32)29(15)12-5-13-30-2/h4,6-11,14,21H,5,12-13H2,1-3H3,(H,26,32). The lowest BCUT2D eigenvalue weighted by Crippen LogP contribution is -2.46. The molecule has 1 aliphatic rings. The van der Waals surface area contributed by atoms with Crippen LogP contribution < -0.4 is 5.32 Å². The number of hydrogen-bond donors (Lipinski definition) is 1. The van der Waals surface area contributed by atoms with Gasteiger partial charge in [-0.2, -0.15) is 4.98 Å². The molecule has 2 heterocycles. The molecule has 0 spiro atoms. The molecule has 4 rings (SSSR count). The molecule has 6 nitrogen and oxygen atoms in total. The highest BCUT2D eigenvalue weighted by Gasteiger charge is 2.34. The monoisotopic (exact) mass is 484 g/mol. The highest BCUT2D eigenvalue weighted by atomic mass is 32.2. The second-order valence-electron chi connectivity index (χ2n) is 7.59. The van der Waals surface area contributed by atoms with E-state index in [1.54, 1.807) is 24.9 Å². The first-order valence-electron chi connectivity index (χ1n) is 10.5. The van der Waals surface area contributed by atoms with Crippen molar-refractivity contribution < 1.29 is 13.7 Å². The van der Waals surface area contributed by atoms with Crippen molar-refractivity contribution in [2.75, 3.05) is 26.5 Å². The highest BCUT2D eigenvalue weighted by Crippen LogP contribution is 2.37. The summed E-state index contributed by atoms with van der Waals surface area (Å²) in [5.74, 6) is 0.548. The van der Waals surface area contributed by atoms with E-state index < -0.39 is 6.04 Å². The number of rotatable bonds is 8. The van der Waals surface area contributed by atoms with Crippen molar-refractivity contribution in [3.05, 3.63) is 71.5 Å². The van der Waals surface area contributed by atoms with Crippen LogP contribution in [0.2, 0.25) is 0 Å². The summed E-state index contributed by atoms with van der Waals surface area (Å²) in [6.45, 7) is 3.26. The van der Waals surface area contributed by atoms with E-state index in [1.807, 2.05) is 48.4 Å². The van der Waals surface area contributed by atoms with Gasteiger partial charge in [-0.05, 0) is 73.8 Å². The van der Waals surface area contributed by atoms with Crippen molar-refractivity contribution in [1.29, 1.82) is 0 Å². The lowest BCUT2D eigenvalue weighted by Gasteiger charge is -2.37. The Morgan fingerprint density at radius 3 is 2.73 bits per heavy atom. The van der Waals surface area contributed by atoms with Crippen molar-refractivity contribution in [3.8, 4) is 11.4 Å². The van der Waals surface area contributed by atoms with Gasteiger partial charge in [0, 0.05) is 36.4 Å². The Bertz CT molecular complexity index is 1160. The number of aromatic nitrogens is 2. The first kappa shape index (κ1) is 23.4. The van der Waals surface area contributed by atoms with Crippen LogP contribution in [0, 0.1) is 5.82 Å². The number of thiocarbonyl (C=S) groups is 1. The van der Waals surface area contributed by atoms with Crippen LogP contribution in [0.3, 0.4) is 0 Å². The van der Waals surface area contributed by atoms with Gasteiger partial charge in [0.15, 0.2) is 5.11 Å². The number of ether oxygens (including phenoxy) is 1. The highest BCUT2D eigenvalue weighted by molar-refractivity contribution is 7.98. The smallest absolute Gasteiger partial charge is 0.258 e. The third-order valence-electron chi connectivity index (χ3n) is 5.51. The molecule has 9 heteroatoms. The third-order valence-corrected chi connectivity index (χ3v) is 6.59. The van der Waals surface area contributed by atoms with Crippen LogP contribution in [0.15, 0.2) is 63.6 Å². The number of nitrogens with one attached hydrogen (secondary N) is 1. The quantitative estimate of drug-likeness (QED) is 0.263. The van der Waals surface area contributed by atoms with E-state index in [0.717, 1.165) is 33.7 Å². The molecule has 0 radical (unpaired) electrons. The van der Waals surface area contributed by atoms with Gasteiger partial charge in [0.1, 0.15) is 5.82 Å². The number of halogens is 1. The third kappa shape index (κ3) is 5.10. The van der Waals surface area contributed by atoms with Gasteiger partial charge >= 0.3 is 0 Å². The van der Waals surface area contributed by atoms with E-state index in [2.05, 4.69) is 10.5 Å². The van der Waals surface area contributed by atoms with Gasteiger partial charge in [0.2, 0.25) is 5.82 Å². The van der Waals surface area contributed by atoms with Crippen molar-refractivity contribution in [1.82, 2.24) is 20.4 Å². The minimum atomic E-state index is -0.418. The van der Waals surface area contributed by atoms with Gasteiger partial charge in [-0.15, -0.1) is 11.8 Å². The van der Waals surface area contributed by atoms with Gasteiger partial charge in [0.25, 0.3) is 5.89 Å². The zero-order valence-corrected chi connectivity index (χ0v) is 20.3. The summed E-state index contributed by atoms with van der Waals surface area (Å²) in [5.41, 5.74) is 3.25. The zero-order valence-electron chi connectivity index (χ0n) is 18.7. The van der Waals surface area contributed by atoms with E-state index >= 15 is 0 Å². The van der Waals surface area contributed by atoms with Crippen molar-refractivity contribution in [2.24, 2.45) is 0 Å². The number of allylic oxidation sites excluding steroid dienone is 1. The number of thioether (sulfide) groups is 1. The van der Waals surface area contributed by atoms with Crippen LogP contribution in [0.25, 0.3) is 17.0 Å². The normalized spacial score (nSPS) is 16.3. The molecule has 1 unspecified atom stereocenters.